The summed E-state index contributed by atoms with van der Waals surface area (Å²) in [4.78, 5) is 16.5. The van der Waals surface area contributed by atoms with E-state index in [0.717, 1.165) is 77.4 Å². The number of piperidine rings is 1. The van der Waals surface area contributed by atoms with Gasteiger partial charge in [0.15, 0.2) is 0 Å². The molecule has 0 aromatic carbocycles. The Morgan fingerprint density at radius 1 is 1.09 bits per heavy atom. The summed E-state index contributed by atoms with van der Waals surface area (Å²) in [5.74, 6) is 0.816. The van der Waals surface area contributed by atoms with Gasteiger partial charge in [-0.1, -0.05) is 0 Å². The molecule has 1 aliphatic carbocycles. The first-order valence-corrected chi connectivity index (χ1v) is 9.04. The largest absolute Gasteiger partial charge is 0.375 e. The number of likely N-dealkylation sites (tertiary alicyclic amines) is 2. The maximum Gasteiger partial charge on any atom is 0.320 e. The Hall–Kier alpha value is -0.810. The van der Waals surface area contributed by atoms with E-state index in [1.54, 1.807) is 0 Å². The molecule has 5 nitrogen and oxygen atoms in total. The lowest BCUT2D eigenvalue weighted by molar-refractivity contribution is -0.0403. The van der Waals surface area contributed by atoms with Crippen molar-refractivity contribution in [2.24, 2.45) is 5.92 Å². The third-order valence-corrected chi connectivity index (χ3v) is 5.76. The zero-order valence-corrected chi connectivity index (χ0v) is 13.5. The van der Waals surface area contributed by atoms with Crippen LogP contribution in [0.15, 0.2) is 0 Å². The molecule has 3 aliphatic heterocycles. The van der Waals surface area contributed by atoms with Gasteiger partial charge in [-0.15, -0.1) is 0 Å². The second-order valence-corrected chi connectivity index (χ2v) is 7.56. The Labute approximate surface area is 132 Å². The Kier molecular flexibility index (Phi) is 4.03. The predicted molar refractivity (Wildman–Crippen MR) is 82.8 cm³/mol. The molecule has 4 fully saturated rings. The van der Waals surface area contributed by atoms with Crippen molar-refractivity contribution in [2.75, 3.05) is 39.4 Å². The van der Waals surface area contributed by atoms with Crippen LogP contribution < -0.4 is 0 Å². The number of rotatable bonds is 3. The van der Waals surface area contributed by atoms with E-state index in [9.17, 15) is 4.79 Å². The molecular formula is C17H28N2O3. The fourth-order valence-electron chi connectivity index (χ4n) is 4.03. The Balaban J connectivity index is 1.25. The van der Waals surface area contributed by atoms with Crippen molar-refractivity contribution in [1.29, 1.82) is 0 Å². The summed E-state index contributed by atoms with van der Waals surface area (Å²) in [7, 11) is 0. The fraction of sp³-hybridized carbons (Fsp3) is 0.941. The van der Waals surface area contributed by atoms with Crippen molar-refractivity contribution < 1.29 is 14.3 Å². The number of hydrogen-bond acceptors (Lipinski definition) is 3. The monoisotopic (exact) mass is 308 g/mol. The van der Waals surface area contributed by atoms with Crippen molar-refractivity contribution in [3.63, 3.8) is 0 Å². The molecule has 124 valence electrons. The lowest BCUT2D eigenvalue weighted by Crippen LogP contribution is -2.50. The fourth-order valence-corrected chi connectivity index (χ4v) is 4.03. The number of ether oxygens (including phenoxy) is 2. The van der Waals surface area contributed by atoms with Crippen LogP contribution in [0.1, 0.15) is 44.9 Å². The van der Waals surface area contributed by atoms with E-state index in [-0.39, 0.29) is 17.7 Å². The Bertz CT molecular complexity index is 410. The first-order chi connectivity index (χ1) is 10.7. The van der Waals surface area contributed by atoms with Crippen molar-refractivity contribution in [3.8, 4) is 0 Å². The van der Waals surface area contributed by atoms with Crippen LogP contribution >= 0.6 is 0 Å². The molecule has 2 amide bonds. The van der Waals surface area contributed by atoms with Gasteiger partial charge in [0.05, 0.1) is 18.3 Å². The van der Waals surface area contributed by atoms with Crippen LogP contribution in [-0.2, 0) is 9.47 Å². The van der Waals surface area contributed by atoms with E-state index < -0.39 is 0 Å². The molecule has 4 aliphatic rings. The maximum absolute atomic E-state index is 12.4. The number of carbonyl (C=O) groups excluding carboxylic acids is 1. The number of urea groups is 1. The minimum absolute atomic E-state index is 0.0179. The molecule has 3 saturated heterocycles. The van der Waals surface area contributed by atoms with Crippen LogP contribution in [0.4, 0.5) is 4.79 Å². The van der Waals surface area contributed by atoms with Crippen LogP contribution in [0.3, 0.4) is 0 Å². The van der Waals surface area contributed by atoms with Gasteiger partial charge in [0.2, 0.25) is 0 Å². The average molecular weight is 308 g/mol. The van der Waals surface area contributed by atoms with Gasteiger partial charge in [-0.3, -0.25) is 0 Å². The molecule has 22 heavy (non-hydrogen) atoms. The highest BCUT2D eigenvalue weighted by Gasteiger charge is 2.44. The van der Waals surface area contributed by atoms with Gasteiger partial charge < -0.3 is 19.3 Å². The van der Waals surface area contributed by atoms with Crippen LogP contribution in [-0.4, -0.2) is 66.9 Å². The van der Waals surface area contributed by atoms with E-state index in [2.05, 4.69) is 0 Å². The van der Waals surface area contributed by atoms with Crippen molar-refractivity contribution in [1.82, 2.24) is 9.80 Å². The molecule has 0 aromatic rings. The second-order valence-electron chi connectivity index (χ2n) is 7.56. The molecule has 5 heteroatoms. The standard InChI is InChI=1S/C17H28N2O3/c20-16(18-7-1-2-8-18)19-9-5-17(6-10-19)11-15(13-22-17)21-12-14-3-4-14/h14-15H,1-13H2. The number of carbonyl (C=O) groups is 1. The lowest BCUT2D eigenvalue weighted by atomic mass is 9.88. The van der Waals surface area contributed by atoms with Gasteiger partial charge in [-0.25, -0.2) is 4.79 Å². The highest BCUT2D eigenvalue weighted by Crippen LogP contribution is 2.38. The molecule has 0 bridgehead atoms. The molecule has 4 rings (SSSR count). The summed E-state index contributed by atoms with van der Waals surface area (Å²) in [6.45, 7) is 5.22. The minimum Gasteiger partial charge on any atom is -0.375 e. The molecule has 0 aromatic heterocycles. The van der Waals surface area contributed by atoms with Crippen LogP contribution in [0.5, 0.6) is 0 Å². The van der Waals surface area contributed by atoms with Gasteiger partial charge in [0, 0.05) is 39.2 Å². The maximum atomic E-state index is 12.4. The lowest BCUT2D eigenvalue weighted by Gasteiger charge is -2.39. The Morgan fingerprint density at radius 2 is 1.77 bits per heavy atom. The summed E-state index contributed by atoms with van der Waals surface area (Å²) in [6.07, 6.45) is 8.23. The number of nitrogens with zero attached hydrogens (tertiary/aromatic N) is 2. The summed E-state index contributed by atoms with van der Waals surface area (Å²) in [5, 5.41) is 0. The highest BCUT2D eigenvalue weighted by atomic mass is 16.6. The van der Waals surface area contributed by atoms with Crippen molar-refractivity contribution >= 4 is 6.03 Å². The predicted octanol–water partition coefficient (Wildman–Crippen LogP) is 2.25. The first kappa shape index (κ1) is 14.8. The molecule has 1 unspecified atom stereocenters. The van der Waals surface area contributed by atoms with E-state index in [4.69, 9.17) is 9.47 Å². The molecule has 0 N–H and O–H groups in total. The van der Waals surface area contributed by atoms with Crippen molar-refractivity contribution in [3.05, 3.63) is 0 Å². The van der Waals surface area contributed by atoms with Crippen LogP contribution in [0.25, 0.3) is 0 Å². The van der Waals surface area contributed by atoms with Gasteiger partial charge >= 0.3 is 6.03 Å². The van der Waals surface area contributed by atoms with Gasteiger partial charge in [0.1, 0.15) is 0 Å². The van der Waals surface area contributed by atoms with E-state index in [0.29, 0.717) is 0 Å². The first-order valence-electron chi connectivity index (χ1n) is 9.04. The van der Waals surface area contributed by atoms with Gasteiger partial charge in [-0.2, -0.15) is 0 Å². The van der Waals surface area contributed by atoms with Gasteiger partial charge in [-0.05, 0) is 44.4 Å². The van der Waals surface area contributed by atoms with Gasteiger partial charge in [0.25, 0.3) is 0 Å². The van der Waals surface area contributed by atoms with Crippen LogP contribution in [0.2, 0.25) is 0 Å². The SMILES string of the molecule is O=C(N1CCCC1)N1CCC2(CC1)CC(OCC1CC1)CO2. The molecule has 3 heterocycles. The summed E-state index contributed by atoms with van der Waals surface area (Å²) >= 11 is 0. The third kappa shape index (κ3) is 3.11. The zero-order valence-electron chi connectivity index (χ0n) is 13.5. The molecule has 0 radical (unpaired) electrons. The number of hydrogen-bond donors (Lipinski definition) is 0. The smallest absolute Gasteiger partial charge is 0.320 e. The molecule has 1 saturated carbocycles. The summed E-state index contributed by atoms with van der Waals surface area (Å²) in [5.41, 5.74) is -0.0179. The third-order valence-electron chi connectivity index (χ3n) is 5.76. The number of amides is 2. The van der Waals surface area contributed by atoms with Crippen molar-refractivity contribution in [2.45, 2.75) is 56.7 Å². The average Bonchev–Trinajstić information content (AvgIpc) is 3.06. The van der Waals surface area contributed by atoms with E-state index >= 15 is 0 Å². The van der Waals surface area contributed by atoms with E-state index in [1.807, 2.05) is 9.80 Å². The quantitative estimate of drug-likeness (QED) is 0.803. The topological polar surface area (TPSA) is 42.0 Å². The zero-order chi connectivity index (χ0) is 15.0. The highest BCUT2D eigenvalue weighted by molar-refractivity contribution is 5.74. The molecule has 1 atom stereocenters. The molecular weight excluding hydrogens is 280 g/mol. The van der Waals surface area contributed by atoms with Crippen LogP contribution in [0, 0.1) is 5.92 Å². The second kappa shape index (κ2) is 6.00. The summed E-state index contributed by atoms with van der Waals surface area (Å²) < 4.78 is 12.1. The Morgan fingerprint density at radius 3 is 2.45 bits per heavy atom. The normalized spacial score (nSPS) is 31.2. The van der Waals surface area contributed by atoms with E-state index in [1.165, 1.54) is 12.8 Å². The molecule has 1 spiro atoms. The minimum atomic E-state index is -0.0179. The summed E-state index contributed by atoms with van der Waals surface area (Å²) in [6, 6.07) is 0.242.